The number of esters is 1. The third-order valence-electron chi connectivity index (χ3n) is 6.25. The smallest absolute Gasteiger partial charge is 0.407 e. The van der Waals surface area contributed by atoms with Crippen molar-refractivity contribution in [3.8, 4) is 0 Å². The first-order chi connectivity index (χ1) is 18.3. The molecular formula is C28H46ClF4N3O7. The van der Waals surface area contributed by atoms with Crippen molar-refractivity contribution in [2.75, 3.05) is 0 Å². The van der Waals surface area contributed by atoms with Crippen molar-refractivity contribution in [1.82, 2.24) is 5.32 Å². The third-order valence-corrected chi connectivity index (χ3v) is 6.25. The monoisotopic (exact) mass is 647 g/mol. The van der Waals surface area contributed by atoms with Crippen LogP contribution in [0.15, 0.2) is 30.3 Å². The largest absolute Gasteiger partial charge is 0.458 e. The summed E-state index contributed by atoms with van der Waals surface area (Å²) in [6, 6.07) is 6.65. The predicted molar refractivity (Wildman–Crippen MR) is 155 cm³/mol. The van der Waals surface area contributed by atoms with E-state index in [-0.39, 0.29) is 59.6 Å². The molecule has 0 bridgehead atoms. The van der Waals surface area contributed by atoms with Crippen molar-refractivity contribution in [3.63, 3.8) is 0 Å². The fourth-order valence-electron chi connectivity index (χ4n) is 3.73. The van der Waals surface area contributed by atoms with E-state index in [1.54, 1.807) is 45.0 Å². The molecule has 2 fully saturated rings. The van der Waals surface area contributed by atoms with Gasteiger partial charge < -0.3 is 36.5 Å². The van der Waals surface area contributed by atoms with Gasteiger partial charge in [0, 0.05) is 30.7 Å². The van der Waals surface area contributed by atoms with Crippen LogP contribution in [0.3, 0.4) is 0 Å². The summed E-state index contributed by atoms with van der Waals surface area (Å²) in [6.45, 7) is 4.82. The number of nitrogens with two attached hydrogens (primary N) is 2. The first-order valence-corrected chi connectivity index (χ1v) is 12.7. The first kappa shape index (κ1) is 42.5. The second-order valence-corrected chi connectivity index (χ2v) is 11.1. The molecule has 6 atom stereocenters. The van der Waals surface area contributed by atoms with Crippen LogP contribution in [-0.2, 0) is 25.7 Å². The van der Waals surface area contributed by atoms with E-state index in [2.05, 4.69) is 5.32 Å². The molecule has 3 rings (SSSR count). The van der Waals surface area contributed by atoms with E-state index < -0.39 is 71.5 Å². The first-order valence-electron chi connectivity index (χ1n) is 12.7. The van der Waals surface area contributed by atoms with E-state index in [9.17, 15) is 37.1 Å². The van der Waals surface area contributed by atoms with Crippen LogP contribution in [0.5, 0.6) is 0 Å². The summed E-state index contributed by atoms with van der Waals surface area (Å²) in [7, 11) is 0. The maximum atomic E-state index is 13.3. The van der Waals surface area contributed by atoms with Crippen molar-refractivity contribution in [3.05, 3.63) is 35.9 Å². The molecule has 0 radical (unpaired) electrons. The van der Waals surface area contributed by atoms with Gasteiger partial charge in [-0.1, -0.05) is 45.2 Å². The Hall–Kier alpha value is -2.68. The number of alkyl carbamates (subject to hydrolysis) is 1. The summed E-state index contributed by atoms with van der Waals surface area (Å²) < 4.78 is 61.4. The Bertz CT molecular complexity index is 1030. The van der Waals surface area contributed by atoms with E-state index >= 15 is 0 Å². The Labute approximate surface area is 256 Å². The third kappa shape index (κ3) is 14.6. The summed E-state index contributed by atoms with van der Waals surface area (Å²) in [4.78, 5) is 34.5. The van der Waals surface area contributed by atoms with Crippen molar-refractivity contribution in [1.29, 1.82) is 0 Å². The number of ether oxygens (including phenoxy) is 2. The van der Waals surface area contributed by atoms with E-state index in [0.717, 1.165) is 5.56 Å². The van der Waals surface area contributed by atoms with Crippen LogP contribution >= 0.6 is 12.4 Å². The van der Waals surface area contributed by atoms with Gasteiger partial charge in [-0.3, -0.25) is 4.79 Å². The van der Waals surface area contributed by atoms with Crippen LogP contribution in [0, 0.1) is 11.8 Å². The van der Waals surface area contributed by atoms with Crippen LogP contribution in [0.1, 0.15) is 66.9 Å². The molecule has 2 aliphatic carbocycles. The maximum Gasteiger partial charge on any atom is 0.407 e. The van der Waals surface area contributed by atoms with Gasteiger partial charge in [0.25, 0.3) is 11.8 Å². The van der Waals surface area contributed by atoms with Gasteiger partial charge in [0.2, 0.25) is 5.91 Å². The van der Waals surface area contributed by atoms with E-state index in [0.29, 0.717) is 0 Å². The number of alkyl halides is 4. The molecule has 0 aromatic heterocycles. The summed E-state index contributed by atoms with van der Waals surface area (Å²) in [5.74, 6) is -9.29. The number of aliphatic hydroxyl groups is 2. The number of benzene rings is 1. The Morgan fingerprint density at radius 1 is 0.977 bits per heavy atom. The maximum absolute atomic E-state index is 13.3. The van der Waals surface area contributed by atoms with E-state index in [1.807, 2.05) is 6.07 Å². The molecule has 1 aromatic carbocycles. The lowest BCUT2D eigenvalue weighted by molar-refractivity contribution is -0.166. The lowest BCUT2D eigenvalue weighted by atomic mass is 10.0. The van der Waals surface area contributed by atoms with Crippen LogP contribution in [0.4, 0.5) is 22.4 Å². The molecule has 0 saturated heterocycles. The zero-order valence-corrected chi connectivity index (χ0v) is 23.7. The van der Waals surface area contributed by atoms with Crippen LogP contribution in [0.2, 0.25) is 0 Å². The van der Waals surface area contributed by atoms with Gasteiger partial charge in [-0.05, 0) is 39.2 Å². The molecule has 1 aromatic rings. The number of hydrogen-bond donors (Lipinski definition) is 5. The fraction of sp³-hybridized carbons (Fsp3) is 0.679. The highest BCUT2D eigenvalue weighted by molar-refractivity contribution is 5.85. The Balaban J connectivity index is 0. The quantitative estimate of drug-likeness (QED) is 0.177. The molecule has 15 heteroatoms. The average Bonchev–Trinajstić information content (AvgIpc) is 3.67. The number of carbonyl (C=O) groups excluding carboxylic acids is 3. The number of aliphatic hydroxyl groups excluding tert-OH is 2. The molecule has 10 nitrogen and oxygen atoms in total. The SMILES string of the molecule is C.C.CC(C)(C)OC(=O)C(O)C(CC1CC1(F)F)NC(=O)OCc1ccccc1.Cl.NC(=O)C(O)C(N)CC1CC1(F)F. The second-order valence-electron chi connectivity index (χ2n) is 11.1. The lowest BCUT2D eigenvalue weighted by Crippen LogP contribution is -2.49. The van der Waals surface area contributed by atoms with Crippen LogP contribution in [-0.4, -0.2) is 69.9 Å². The molecular weight excluding hydrogens is 602 g/mol. The Kier molecular flexibility index (Phi) is 16.8. The summed E-state index contributed by atoms with van der Waals surface area (Å²) >= 11 is 0. The molecule has 6 unspecified atom stereocenters. The minimum Gasteiger partial charge on any atom is -0.458 e. The summed E-state index contributed by atoms with van der Waals surface area (Å²) in [6.07, 6.45) is -5.10. The second kappa shape index (κ2) is 17.0. The van der Waals surface area contributed by atoms with Crippen molar-refractivity contribution in [2.45, 2.75) is 110 Å². The van der Waals surface area contributed by atoms with Crippen LogP contribution < -0.4 is 16.8 Å². The molecule has 43 heavy (non-hydrogen) atoms. The highest BCUT2D eigenvalue weighted by Gasteiger charge is 2.58. The number of halogens is 5. The zero-order chi connectivity index (χ0) is 30.5. The van der Waals surface area contributed by atoms with E-state index in [4.69, 9.17) is 26.0 Å². The number of primary amides is 1. The number of nitrogens with one attached hydrogen (secondary N) is 1. The number of amides is 2. The standard InChI is InChI=1S/C19H25F2NO5.C7H12F2N2O2.2CH4.ClH/c1-18(2,3)27-16(24)15(23)14(9-13-10-19(13,20)21)22-17(25)26-11-12-7-5-4-6-8-12;8-7(9)2-3(7)1-4(10)5(12)6(11)13;;;/h4-8,13-15,23H,9-11H2,1-3H3,(H,22,25);3-5,12H,1-2,10H2,(H2,11,13);2*1H4;1H. The Morgan fingerprint density at radius 3 is 1.86 bits per heavy atom. The number of rotatable bonds is 11. The molecule has 0 spiro atoms. The fourth-order valence-corrected chi connectivity index (χ4v) is 3.73. The number of carbonyl (C=O) groups is 3. The minimum atomic E-state index is -2.85. The predicted octanol–water partition coefficient (Wildman–Crippen LogP) is 3.93. The van der Waals surface area contributed by atoms with Crippen LogP contribution in [0.25, 0.3) is 0 Å². The normalized spacial score (nSPS) is 21.6. The lowest BCUT2D eigenvalue weighted by Gasteiger charge is -2.26. The highest BCUT2D eigenvalue weighted by Crippen LogP contribution is 2.52. The molecule has 2 amide bonds. The topological polar surface area (TPSA) is 174 Å². The zero-order valence-electron chi connectivity index (χ0n) is 22.9. The molecule has 7 N–H and O–H groups in total. The summed E-state index contributed by atoms with van der Waals surface area (Å²) in [5.41, 5.74) is 9.92. The van der Waals surface area contributed by atoms with Gasteiger partial charge in [0.1, 0.15) is 18.3 Å². The summed E-state index contributed by atoms with van der Waals surface area (Å²) in [5, 5.41) is 21.5. The average molecular weight is 648 g/mol. The van der Waals surface area contributed by atoms with Gasteiger partial charge in [0.15, 0.2) is 6.10 Å². The van der Waals surface area contributed by atoms with Gasteiger partial charge in [0.05, 0.1) is 6.04 Å². The molecule has 2 saturated carbocycles. The number of hydrogen-bond acceptors (Lipinski definition) is 8. The van der Waals surface area contributed by atoms with Crippen molar-refractivity contribution >= 4 is 30.4 Å². The van der Waals surface area contributed by atoms with Gasteiger partial charge in [-0.2, -0.15) is 0 Å². The molecule has 2 aliphatic rings. The van der Waals surface area contributed by atoms with E-state index in [1.165, 1.54) is 0 Å². The molecule has 250 valence electrons. The Morgan fingerprint density at radius 2 is 1.44 bits per heavy atom. The van der Waals surface area contributed by atoms with Gasteiger partial charge >= 0.3 is 12.1 Å². The molecule has 0 aliphatic heterocycles. The van der Waals surface area contributed by atoms with Gasteiger partial charge in [-0.25, -0.2) is 27.2 Å². The highest BCUT2D eigenvalue weighted by atomic mass is 35.5. The molecule has 0 heterocycles. The van der Waals surface area contributed by atoms with Gasteiger partial charge in [-0.15, -0.1) is 12.4 Å². The van der Waals surface area contributed by atoms with Crippen molar-refractivity contribution in [2.24, 2.45) is 23.3 Å². The van der Waals surface area contributed by atoms with Crippen molar-refractivity contribution < 1.29 is 51.6 Å². The minimum absolute atomic E-state index is 0.